The summed E-state index contributed by atoms with van der Waals surface area (Å²) in [5.41, 5.74) is 0.877. The molecular formula is C19H22ClNO3. The van der Waals surface area contributed by atoms with Gasteiger partial charge in [0.2, 0.25) is 0 Å². The average Bonchev–Trinajstić information content (AvgIpc) is 2.52. The number of Topliss-reactive ketones (excluding diaryl/α,β-unsaturated/α-hetero) is 2. The minimum atomic E-state index is -0.962. The maximum Gasteiger partial charge on any atom is 0.149 e. The maximum atomic E-state index is 13.2. The van der Waals surface area contributed by atoms with Gasteiger partial charge in [0, 0.05) is 30.1 Å². The first-order valence-corrected chi connectivity index (χ1v) is 8.91. The molecule has 1 aliphatic carbocycles. The minimum Gasteiger partial charge on any atom is -0.377 e. The van der Waals surface area contributed by atoms with Crippen molar-refractivity contribution in [1.29, 1.82) is 0 Å². The molecule has 5 heteroatoms. The zero-order valence-corrected chi connectivity index (χ0v) is 14.9. The molecule has 0 bridgehead atoms. The Hall–Kier alpha value is -1.39. The van der Waals surface area contributed by atoms with Gasteiger partial charge in [0.25, 0.3) is 0 Å². The predicted molar refractivity (Wildman–Crippen MR) is 92.6 cm³/mol. The lowest BCUT2D eigenvalue weighted by atomic mass is 9.56. The largest absolute Gasteiger partial charge is 0.377 e. The molecule has 2 aliphatic heterocycles. The Morgan fingerprint density at radius 3 is 2.58 bits per heavy atom. The van der Waals surface area contributed by atoms with Crippen LogP contribution in [0.25, 0.3) is 0 Å². The van der Waals surface area contributed by atoms with E-state index in [1.54, 1.807) is 0 Å². The van der Waals surface area contributed by atoms with E-state index >= 15 is 0 Å². The number of ketones is 2. The van der Waals surface area contributed by atoms with Gasteiger partial charge >= 0.3 is 0 Å². The maximum absolute atomic E-state index is 13.2. The fourth-order valence-corrected chi connectivity index (χ4v) is 4.81. The summed E-state index contributed by atoms with van der Waals surface area (Å²) < 4.78 is 5.68. The second kappa shape index (κ2) is 5.30. The summed E-state index contributed by atoms with van der Waals surface area (Å²) in [4.78, 5) is 28.6. The Balaban J connectivity index is 1.86. The van der Waals surface area contributed by atoms with E-state index < -0.39 is 5.41 Å². The van der Waals surface area contributed by atoms with Crippen LogP contribution in [0.3, 0.4) is 0 Å². The second-order valence-electron chi connectivity index (χ2n) is 8.07. The Morgan fingerprint density at radius 2 is 1.88 bits per heavy atom. The van der Waals surface area contributed by atoms with Crippen molar-refractivity contribution < 1.29 is 14.3 Å². The summed E-state index contributed by atoms with van der Waals surface area (Å²) in [7, 11) is 0. The first-order chi connectivity index (χ1) is 11.3. The molecule has 0 unspecified atom stereocenters. The van der Waals surface area contributed by atoms with Crippen molar-refractivity contribution in [3.05, 3.63) is 28.8 Å². The molecule has 4 nitrogen and oxygen atoms in total. The average molecular weight is 348 g/mol. The van der Waals surface area contributed by atoms with E-state index in [9.17, 15) is 9.59 Å². The number of carbonyl (C=O) groups is 2. The quantitative estimate of drug-likeness (QED) is 0.677. The third kappa shape index (κ3) is 2.23. The molecule has 1 spiro atoms. The third-order valence-electron chi connectivity index (χ3n) is 5.80. The molecule has 3 aliphatic rings. The van der Waals surface area contributed by atoms with Gasteiger partial charge in [-0.25, -0.2) is 0 Å². The zero-order valence-electron chi connectivity index (χ0n) is 14.1. The molecule has 24 heavy (non-hydrogen) atoms. The summed E-state index contributed by atoms with van der Waals surface area (Å²) in [5, 5.41) is 0.678. The van der Waals surface area contributed by atoms with E-state index in [0.29, 0.717) is 44.0 Å². The third-order valence-corrected chi connectivity index (χ3v) is 6.03. The molecule has 4 rings (SSSR count). The van der Waals surface area contributed by atoms with E-state index in [4.69, 9.17) is 16.3 Å². The number of anilines is 1. The highest BCUT2D eigenvalue weighted by Crippen LogP contribution is 2.50. The van der Waals surface area contributed by atoms with E-state index in [2.05, 4.69) is 4.90 Å². The van der Waals surface area contributed by atoms with Gasteiger partial charge in [-0.1, -0.05) is 31.5 Å². The lowest BCUT2D eigenvalue weighted by Gasteiger charge is -2.54. The van der Waals surface area contributed by atoms with Gasteiger partial charge in [0.15, 0.2) is 0 Å². The molecule has 2 heterocycles. The molecule has 1 aromatic carbocycles. The summed E-state index contributed by atoms with van der Waals surface area (Å²) in [5.74, 6) is 0.148. The van der Waals surface area contributed by atoms with Crippen molar-refractivity contribution in [2.45, 2.75) is 39.2 Å². The standard InChI is InChI=1S/C19H22ClNO3/c1-18(2)9-16(22)19(17(23)10-18)8-12-3-4-13(20)7-14(12)21-5-6-24-11-15(19)21/h3-4,7,15H,5-6,8-11H2,1-2H3/t15-/m0/s1. The summed E-state index contributed by atoms with van der Waals surface area (Å²) in [6.45, 7) is 5.71. The van der Waals surface area contributed by atoms with Gasteiger partial charge in [-0.2, -0.15) is 0 Å². The normalized spacial score (nSPS) is 27.8. The Morgan fingerprint density at radius 1 is 1.17 bits per heavy atom. The predicted octanol–water partition coefficient (Wildman–Crippen LogP) is 3.05. The number of benzene rings is 1. The van der Waals surface area contributed by atoms with E-state index in [1.165, 1.54) is 0 Å². The molecule has 1 saturated heterocycles. The smallest absolute Gasteiger partial charge is 0.149 e. The van der Waals surface area contributed by atoms with E-state index in [1.807, 2.05) is 32.0 Å². The minimum absolute atomic E-state index is 0.0739. The first-order valence-electron chi connectivity index (χ1n) is 8.53. The van der Waals surface area contributed by atoms with Crippen molar-refractivity contribution in [3.8, 4) is 0 Å². The van der Waals surface area contributed by atoms with Crippen molar-refractivity contribution in [2.75, 3.05) is 24.7 Å². The van der Waals surface area contributed by atoms with E-state index in [-0.39, 0.29) is 23.0 Å². The van der Waals surface area contributed by atoms with Crippen molar-refractivity contribution in [3.63, 3.8) is 0 Å². The molecule has 0 radical (unpaired) electrons. The molecule has 1 atom stereocenters. The van der Waals surface area contributed by atoms with Crippen LogP contribution in [-0.2, 0) is 20.7 Å². The van der Waals surface area contributed by atoms with Gasteiger partial charge in [-0.05, 0) is 29.5 Å². The Labute approximate surface area is 147 Å². The summed E-state index contributed by atoms with van der Waals surface area (Å²) in [6.07, 6.45) is 1.37. The highest BCUT2D eigenvalue weighted by molar-refractivity contribution is 6.31. The zero-order chi connectivity index (χ0) is 17.1. The van der Waals surface area contributed by atoms with Gasteiger partial charge in [0.05, 0.1) is 19.3 Å². The van der Waals surface area contributed by atoms with E-state index in [0.717, 1.165) is 11.3 Å². The van der Waals surface area contributed by atoms with Crippen LogP contribution < -0.4 is 4.90 Å². The Kier molecular flexibility index (Phi) is 3.56. The van der Waals surface area contributed by atoms with Crippen LogP contribution in [0.5, 0.6) is 0 Å². The molecule has 2 fully saturated rings. The van der Waals surface area contributed by atoms with Crippen LogP contribution in [0.4, 0.5) is 5.69 Å². The molecular weight excluding hydrogens is 326 g/mol. The van der Waals surface area contributed by atoms with Crippen molar-refractivity contribution in [2.24, 2.45) is 10.8 Å². The number of rotatable bonds is 0. The first kappa shape index (κ1) is 16.1. The van der Waals surface area contributed by atoms with Gasteiger partial charge in [-0.3, -0.25) is 9.59 Å². The molecule has 0 amide bonds. The number of halogens is 1. The van der Waals surface area contributed by atoms with Gasteiger partial charge in [0.1, 0.15) is 17.0 Å². The lowest BCUT2D eigenvalue weighted by molar-refractivity contribution is -0.152. The van der Waals surface area contributed by atoms with Gasteiger partial charge < -0.3 is 9.64 Å². The number of fused-ring (bicyclic) bond motifs is 4. The Bertz CT molecular complexity index is 707. The fraction of sp³-hybridized carbons (Fsp3) is 0.579. The topological polar surface area (TPSA) is 46.6 Å². The van der Waals surface area contributed by atoms with Crippen LogP contribution >= 0.6 is 11.6 Å². The number of ether oxygens (including phenoxy) is 1. The highest BCUT2D eigenvalue weighted by Gasteiger charge is 2.60. The summed E-state index contributed by atoms with van der Waals surface area (Å²) >= 11 is 6.19. The number of nitrogens with zero attached hydrogens (tertiary/aromatic N) is 1. The lowest BCUT2D eigenvalue weighted by Crippen LogP contribution is -2.66. The molecule has 0 aromatic heterocycles. The summed E-state index contributed by atoms with van der Waals surface area (Å²) in [6, 6.07) is 5.54. The highest BCUT2D eigenvalue weighted by atomic mass is 35.5. The number of hydrogen-bond donors (Lipinski definition) is 0. The number of morpholine rings is 1. The fourth-order valence-electron chi connectivity index (χ4n) is 4.64. The number of hydrogen-bond acceptors (Lipinski definition) is 4. The molecule has 1 saturated carbocycles. The monoisotopic (exact) mass is 347 g/mol. The molecule has 128 valence electrons. The van der Waals surface area contributed by atoms with Crippen LogP contribution in [0.1, 0.15) is 32.3 Å². The van der Waals surface area contributed by atoms with Gasteiger partial charge in [-0.15, -0.1) is 0 Å². The van der Waals surface area contributed by atoms with Crippen molar-refractivity contribution in [1.82, 2.24) is 0 Å². The second-order valence-corrected chi connectivity index (χ2v) is 8.51. The molecule has 1 aromatic rings. The number of carbonyl (C=O) groups excluding carboxylic acids is 2. The molecule has 0 N–H and O–H groups in total. The van der Waals surface area contributed by atoms with Crippen molar-refractivity contribution >= 4 is 28.9 Å². The van der Waals surface area contributed by atoms with Crippen LogP contribution in [0, 0.1) is 10.8 Å². The SMILES string of the molecule is CC1(C)CC(=O)C2(Cc3ccc(Cl)cc3N3CCOC[C@H]32)C(=O)C1. The van der Waals surface area contributed by atoms with Crippen LogP contribution in [0.2, 0.25) is 5.02 Å². The van der Waals surface area contributed by atoms with Crippen LogP contribution in [0.15, 0.2) is 18.2 Å². The van der Waals surface area contributed by atoms with Crippen LogP contribution in [-0.4, -0.2) is 37.4 Å².